The molecule has 92 valence electrons. The second-order valence-corrected chi connectivity index (χ2v) is 4.46. The number of phenolic OH excluding ortho intramolecular Hbond substituents is 1. The van der Waals surface area contributed by atoms with E-state index in [1.165, 1.54) is 18.2 Å². The van der Waals surface area contributed by atoms with Crippen LogP contribution in [-0.2, 0) is 0 Å². The lowest BCUT2D eigenvalue weighted by Gasteiger charge is -2.04. The SMILES string of the molecule is O=c1cc(C2CC2)nc(-c2ccc(O)c(F)c2)[nH]1. The predicted molar refractivity (Wildman–Crippen MR) is 63.9 cm³/mol. The maximum atomic E-state index is 13.3. The molecule has 1 aliphatic carbocycles. The summed E-state index contributed by atoms with van der Waals surface area (Å²) < 4.78 is 13.3. The molecule has 0 aliphatic heterocycles. The molecule has 0 radical (unpaired) electrons. The molecule has 0 spiro atoms. The van der Waals surface area contributed by atoms with Crippen molar-refractivity contribution in [2.24, 2.45) is 0 Å². The van der Waals surface area contributed by atoms with Crippen LogP contribution in [0.25, 0.3) is 11.4 Å². The Morgan fingerprint density at radius 1 is 1.33 bits per heavy atom. The van der Waals surface area contributed by atoms with Gasteiger partial charge in [-0.3, -0.25) is 4.79 Å². The molecule has 2 aromatic rings. The van der Waals surface area contributed by atoms with Crippen LogP contribution in [0.1, 0.15) is 24.5 Å². The quantitative estimate of drug-likeness (QED) is 0.853. The lowest BCUT2D eigenvalue weighted by atomic mass is 10.2. The molecular weight excluding hydrogens is 235 g/mol. The number of hydrogen-bond acceptors (Lipinski definition) is 3. The molecule has 5 heteroatoms. The first-order valence-electron chi connectivity index (χ1n) is 5.73. The van der Waals surface area contributed by atoms with Crippen LogP contribution in [0.15, 0.2) is 29.1 Å². The second-order valence-electron chi connectivity index (χ2n) is 4.46. The van der Waals surface area contributed by atoms with Gasteiger partial charge in [0.2, 0.25) is 0 Å². The number of aromatic amines is 1. The van der Waals surface area contributed by atoms with Crippen LogP contribution in [0.5, 0.6) is 5.75 Å². The molecule has 0 bridgehead atoms. The highest BCUT2D eigenvalue weighted by Gasteiger charge is 2.26. The Balaban J connectivity index is 2.09. The summed E-state index contributed by atoms with van der Waals surface area (Å²) in [5, 5.41) is 9.13. The van der Waals surface area contributed by atoms with Gasteiger partial charge in [-0.1, -0.05) is 0 Å². The summed E-state index contributed by atoms with van der Waals surface area (Å²) in [7, 11) is 0. The van der Waals surface area contributed by atoms with Gasteiger partial charge in [-0.2, -0.15) is 0 Å². The first-order chi connectivity index (χ1) is 8.63. The number of H-pyrrole nitrogens is 1. The normalized spacial score (nSPS) is 14.7. The third-order valence-electron chi connectivity index (χ3n) is 2.98. The van der Waals surface area contributed by atoms with Crippen molar-refractivity contribution >= 4 is 0 Å². The van der Waals surface area contributed by atoms with Crippen LogP contribution in [0.3, 0.4) is 0 Å². The largest absolute Gasteiger partial charge is 0.505 e. The Bertz CT molecular complexity index is 662. The number of benzene rings is 1. The van der Waals surface area contributed by atoms with Gasteiger partial charge in [-0.25, -0.2) is 9.37 Å². The number of nitrogens with one attached hydrogen (secondary N) is 1. The van der Waals surface area contributed by atoms with Crippen molar-refractivity contribution in [2.75, 3.05) is 0 Å². The van der Waals surface area contributed by atoms with Crippen molar-refractivity contribution in [2.45, 2.75) is 18.8 Å². The minimum Gasteiger partial charge on any atom is -0.505 e. The van der Waals surface area contributed by atoms with Gasteiger partial charge in [-0.15, -0.1) is 0 Å². The standard InChI is InChI=1S/C13H11FN2O2/c14-9-5-8(3-4-11(9)17)13-15-10(7-1-2-7)6-12(18)16-13/h3-7,17H,1-2H2,(H,15,16,18). The molecule has 1 saturated carbocycles. The Hall–Kier alpha value is -2.17. The van der Waals surface area contributed by atoms with E-state index in [1.54, 1.807) is 0 Å². The fraction of sp³-hybridized carbons (Fsp3) is 0.231. The van der Waals surface area contributed by atoms with Crippen LogP contribution in [0.2, 0.25) is 0 Å². The summed E-state index contributed by atoms with van der Waals surface area (Å²) in [4.78, 5) is 18.4. The van der Waals surface area contributed by atoms with Crippen LogP contribution in [0, 0.1) is 5.82 Å². The maximum absolute atomic E-state index is 13.3. The third-order valence-corrected chi connectivity index (χ3v) is 2.98. The fourth-order valence-electron chi connectivity index (χ4n) is 1.86. The van der Waals surface area contributed by atoms with E-state index in [-0.39, 0.29) is 5.56 Å². The van der Waals surface area contributed by atoms with Crippen molar-refractivity contribution in [1.29, 1.82) is 0 Å². The highest BCUT2D eigenvalue weighted by molar-refractivity contribution is 5.56. The average molecular weight is 246 g/mol. The Morgan fingerprint density at radius 3 is 2.78 bits per heavy atom. The van der Waals surface area contributed by atoms with Crippen molar-refractivity contribution in [3.63, 3.8) is 0 Å². The van der Waals surface area contributed by atoms with E-state index >= 15 is 0 Å². The van der Waals surface area contributed by atoms with Crippen LogP contribution in [-0.4, -0.2) is 15.1 Å². The molecule has 3 rings (SSSR count). The summed E-state index contributed by atoms with van der Waals surface area (Å²) in [6.07, 6.45) is 2.08. The van der Waals surface area contributed by atoms with E-state index in [1.807, 2.05) is 0 Å². The molecule has 4 nitrogen and oxygen atoms in total. The highest BCUT2D eigenvalue weighted by Crippen LogP contribution is 2.38. The van der Waals surface area contributed by atoms with Gasteiger partial charge in [0.1, 0.15) is 5.82 Å². The maximum Gasteiger partial charge on any atom is 0.251 e. The van der Waals surface area contributed by atoms with Gasteiger partial charge in [0, 0.05) is 17.5 Å². The third kappa shape index (κ3) is 1.99. The molecule has 2 N–H and O–H groups in total. The Kier molecular flexibility index (Phi) is 2.40. The van der Waals surface area contributed by atoms with Gasteiger partial charge in [0.05, 0.1) is 5.69 Å². The van der Waals surface area contributed by atoms with Crippen molar-refractivity contribution in [1.82, 2.24) is 9.97 Å². The Labute approximate surface area is 102 Å². The van der Waals surface area contributed by atoms with Gasteiger partial charge >= 0.3 is 0 Å². The predicted octanol–water partition coefficient (Wildman–Crippen LogP) is 2.16. The van der Waals surface area contributed by atoms with E-state index in [2.05, 4.69) is 9.97 Å². The number of phenols is 1. The van der Waals surface area contributed by atoms with Crippen LogP contribution >= 0.6 is 0 Å². The molecule has 18 heavy (non-hydrogen) atoms. The fourth-order valence-corrected chi connectivity index (χ4v) is 1.86. The molecule has 0 saturated heterocycles. The number of rotatable bonds is 2. The summed E-state index contributed by atoms with van der Waals surface area (Å²) in [6.45, 7) is 0. The molecule has 0 atom stereocenters. The van der Waals surface area contributed by atoms with Gasteiger partial charge in [-0.05, 0) is 31.0 Å². The van der Waals surface area contributed by atoms with E-state index < -0.39 is 11.6 Å². The number of aromatic nitrogens is 2. The zero-order valence-electron chi connectivity index (χ0n) is 9.48. The second kappa shape index (κ2) is 3.94. The van der Waals surface area contributed by atoms with Crippen molar-refractivity contribution in [3.8, 4) is 17.1 Å². The number of hydrogen-bond donors (Lipinski definition) is 2. The van der Waals surface area contributed by atoms with Gasteiger partial charge < -0.3 is 10.1 Å². The average Bonchev–Trinajstić information content (AvgIpc) is 3.16. The number of nitrogens with zero attached hydrogens (tertiary/aromatic N) is 1. The van der Waals surface area contributed by atoms with Gasteiger partial charge in [0.15, 0.2) is 11.6 Å². The van der Waals surface area contributed by atoms with Gasteiger partial charge in [0.25, 0.3) is 5.56 Å². The lowest BCUT2D eigenvalue weighted by molar-refractivity contribution is 0.432. The van der Waals surface area contributed by atoms with Crippen LogP contribution in [0.4, 0.5) is 4.39 Å². The smallest absolute Gasteiger partial charge is 0.251 e. The topological polar surface area (TPSA) is 66.0 Å². The zero-order valence-corrected chi connectivity index (χ0v) is 9.48. The molecule has 0 amide bonds. The summed E-state index contributed by atoms with van der Waals surface area (Å²) in [5.41, 5.74) is 0.961. The molecule has 1 fully saturated rings. The van der Waals surface area contributed by atoms with Crippen LogP contribution < -0.4 is 5.56 Å². The Morgan fingerprint density at radius 2 is 2.11 bits per heavy atom. The minimum absolute atomic E-state index is 0.240. The number of halogens is 1. The van der Waals surface area contributed by atoms with Crippen molar-refractivity contribution in [3.05, 3.63) is 46.1 Å². The molecule has 1 heterocycles. The van der Waals surface area contributed by atoms with E-state index in [4.69, 9.17) is 5.11 Å². The summed E-state index contributed by atoms with van der Waals surface area (Å²) in [5.74, 6) is -0.456. The highest BCUT2D eigenvalue weighted by atomic mass is 19.1. The van der Waals surface area contributed by atoms with E-state index in [0.29, 0.717) is 17.3 Å². The molecule has 1 aromatic carbocycles. The first kappa shape index (κ1) is 11.0. The molecule has 1 aromatic heterocycles. The monoisotopic (exact) mass is 246 g/mol. The minimum atomic E-state index is -0.730. The summed E-state index contributed by atoms with van der Waals surface area (Å²) in [6, 6.07) is 5.41. The van der Waals surface area contributed by atoms with E-state index in [0.717, 1.165) is 24.6 Å². The molecular formula is C13H11FN2O2. The van der Waals surface area contributed by atoms with Crippen molar-refractivity contribution < 1.29 is 9.50 Å². The number of aromatic hydroxyl groups is 1. The molecule has 1 aliphatic rings. The van der Waals surface area contributed by atoms with E-state index in [9.17, 15) is 9.18 Å². The lowest BCUT2D eigenvalue weighted by Crippen LogP contribution is -2.09. The zero-order chi connectivity index (χ0) is 12.7. The molecule has 0 unspecified atom stereocenters. The summed E-state index contributed by atoms with van der Waals surface area (Å²) >= 11 is 0. The first-order valence-corrected chi connectivity index (χ1v) is 5.73.